The highest BCUT2D eigenvalue weighted by atomic mass is 16.1. The first-order valence-electron chi connectivity index (χ1n) is 8.14. The van der Waals surface area contributed by atoms with Gasteiger partial charge >= 0.3 is 0 Å². The van der Waals surface area contributed by atoms with E-state index in [1.165, 1.54) is 18.5 Å². The van der Waals surface area contributed by atoms with E-state index in [2.05, 4.69) is 22.3 Å². The van der Waals surface area contributed by atoms with E-state index in [1.807, 2.05) is 12.1 Å². The van der Waals surface area contributed by atoms with Crippen LogP contribution in [0.2, 0.25) is 0 Å². The van der Waals surface area contributed by atoms with Crippen molar-refractivity contribution in [2.45, 2.75) is 44.6 Å². The average Bonchev–Trinajstić information content (AvgIpc) is 3.02. The smallest absolute Gasteiger partial charge is 0.227 e. The van der Waals surface area contributed by atoms with Crippen molar-refractivity contribution in [3.63, 3.8) is 0 Å². The molecule has 114 valence electrons. The zero-order chi connectivity index (χ0) is 14.7. The molecule has 4 heteroatoms. The molecular weight excluding hydrogens is 262 g/mol. The highest BCUT2D eigenvalue weighted by Crippen LogP contribution is 2.26. The third-order valence-electron chi connectivity index (χ3n) is 4.73. The Labute approximate surface area is 126 Å². The molecular formula is C17H25N3O. The van der Waals surface area contributed by atoms with Gasteiger partial charge in [-0.1, -0.05) is 6.07 Å². The van der Waals surface area contributed by atoms with Crippen LogP contribution in [0.4, 0.5) is 11.4 Å². The second kappa shape index (κ2) is 6.48. The Kier molecular flexibility index (Phi) is 4.44. The van der Waals surface area contributed by atoms with Crippen LogP contribution in [0.3, 0.4) is 0 Å². The van der Waals surface area contributed by atoms with Gasteiger partial charge in [-0.05, 0) is 56.7 Å². The lowest BCUT2D eigenvalue weighted by Gasteiger charge is -2.25. The number of carbonyl (C=O) groups is 1. The van der Waals surface area contributed by atoms with Crippen LogP contribution in [0.5, 0.6) is 0 Å². The summed E-state index contributed by atoms with van der Waals surface area (Å²) in [5, 5.41) is 3.08. The lowest BCUT2D eigenvalue weighted by atomic mass is 9.86. The molecule has 1 aromatic carbocycles. The number of nitrogens with one attached hydrogen (secondary N) is 1. The van der Waals surface area contributed by atoms with E-state index in [4.69, 9.17) is 5.73 Å². The zero-order valence-corrected chi connectivity index (χ0v) is 12.6. The van der Waals surface area contributed by atoms with Crippen LogP contribution in [0, 0.1) is 5.92 Å². The van der Waals surface area contributed by atoms with E-state index < -0.39 is 0 Å². The molecule has 0 spiro atoms. The molecule has 1 aliphatic carbocycles. The van der Waals surface area contributed by atoms with Crippen LogP contribution in [-0.2, 0) is 4.79 Å². The van der Waals surface area contributed by atoms with Crippen LogP contribution in [-0.4, -0.2) is 25.0 Å². The predicted octanol–water partition coefficient (Wildman–Crippen LogP) is 2.74. The normalized spacial score (nSPS) is 25.9. The molecule has 0 atom stereocenters. The summed E-state index contributed by atoms with van der Waals surface area (Å²) < 4.78 is 0. The van der Waals surface area contributed by atoms with Gasteiger partial charge in [0.15, 0.2) is 0 Å². The fourth-order valence-corrected chi connectivity index (χ4v) is 3.38. The van der Waals surface area contributed by atoms with Gasteiger partial charge in [0.25, 0.3) is 0 Å². The minimum atomic E-state index is 0.125. The quantitative estimate of drug-likeness (QED) is 0.898. The summed E-state index contributed by atoms with van der Waals surface area (Å²) in [6, 6.07) is 8.51. The van der Waals surface area contributed by atoms with Gasteiger partial charge in [0.05, 0.1) is 0 Å². The number of hydrogen-bond acceptors (Lipinski definition) is 3. The van der Waals surface area contributed by atoms with Crippen LogP contribution >= 0.6 is 0 Å². The number of hydrogen-bond donors (Lipinski definition) is 2. The Bertz CT molecular complexity index is 489. The molecule has 4 nitrogen and oxygen atoms in total. The van der Waals surface area contributed by atoms with E-state index in [0.29, 0.717) is 0 Å². The lowest BCUT2D eigenvalue weighted by Crippen LogP contribution is -2.32. The fraction of sp³-hybridized carbons (Fsp3) is 0.588. The Balaban J connectivity index is 1.61. The monoisotopic (exact) mass is 287 g/mol. The largest absolute Gasteiger partial charge is 0.371 e. The Morgan fingerprint density at radius 1 is 1.14 bits per heavy atom. The number of benzene rings is 1. The standard InChI is InChI=1S/C17H25N3O/c18-14-8-6-13(7-9-14)17(21)19-15-4-3-5-16(12-15)20-10-1-2-11-20/h3-5,12-14H,1-2,6-11,18H2,(H,19,21). The molecule has 0 radical (unpaired) electrons. The number of rotatable bonds is 3. The van der Waals surface area contributed by atoms with Gasteiger partial charge in [0, 0.05) is 36.4 Å². The molecule has 0 bridgehead atoms. The van der Waals surface area contributed by atoms with Crippen molar-refractivity contribution in [1.29, 1.82) is 0 Å². The van der Waals surface area contributed by atoms with Crippen molar-refractivity contribution < 1.29 is 4.79 Å². The lowest BCUT2D eigenvalue weighted by molar-refractivity contribution is -0.120. The van der Waals surface area contributed by atoms with Gasteiger partial charge in [-0.2, -0.15) is 0 Å². The minimum Gasteiger partial charge on any atom is -0.371 e. The van der Waals surface area contributed by atoms with Gasteiger partial charge < -0.3 is 16.0 Å². The van der Waals surface area contributed by atoms with Crippen LogP contribution < -0.4 is 16.0 Å². The van der Waals surface area contributed by atoms with E-state index in [0.717, 1.165) is 44.5 Å². The molecule has 1 aromatic rings. The average molecular weight is 287 g/mol. The van der Waals surface area contributed by atoms with Crippen molar-refractivity contribution in [1.82, 2.24) is 0 Å². The first kappa shape index (κ1) is 14.4. The third kappa shape index (κ3) is 3.56. The maximum atomic E-state index is 12.3. The van der Waals surface area contributed by atoms with Gasteiger partial charge in [-0.3, -0.25) is 4.79 Å². The Morgan fingerprint density at radius 3 is 2.57 bits per heavy atom. The van der Waals surface area contributed by atoms with Gasteiger partial charge in [0.2, 0.25) is 5.91 Å². The summed E-state index contributed by atoms with van der Waals surface area (Å²) in [6.45, 7) is 2.25. The molecule has 1 saturated heterocycles. The summed E-state index contributed by atoms with van der Waals surface area (Å²) >= 11 is 0. The first-order valence-corrected chi connectivity index (χ1v) is 8.14. The van der Waals surface area contributed by atoms with E-state index in [-0.39, 0.29) is 17.9 Å². The molecule has 1 aliphatic heterocycles. The number of amides is 1. The van der Waals surface area contributed by atoms with Gasteiger partial charge in [-0.15, -0.1) is 0 Å². The molecule has 1 amide bonds. The van der Waals surface area contributed by atoms with Gasteiger partial charge in [0.1, 0.15) is 0 Å². The van der Waals surface area contributed by atoms with Crippen LogP contribution in [0.1, 0.15) is 38.5 Å². The number of anilines is 2. The van der Waals surface area contributed by atoms with Crippen molar-refractivity contribution in [2.75, 3.05) is 23.3 Å². The molecule has 2 fully saturated rings. The van der Waals surface area contributed by atoms with Crippen molar-refractivity contribution >= 4 is 17.3 Å². The SMILES string of the molecule is NC1CCC(C(=O)Nc2cccc(N3CCCC3)c2)CC1. The van der Waals surface area contributed by atoms with Crippen LogP contribution in [0.25, 0.3) is 0 Å². The highest BCUT2D eigenvalue weighted by Gasteiger charge is 2.24. The Hall–Kier alpha value is -1.55. The van der Waals surface area contributed by atoms with Crippen molar-refractivity contribution in [3.05, 3.63) is 24.3 Å². The van der Waals surface area contributed by atoms with Crippen LogP contribution in [0.15, 0.2) is 24.3 Å². The zero-order valence-electron chi connectivity index (χ0n) is 12.6. The number of carbonyl (C=O) groups excluding carboxylic acids is 1. The third-order valence-corrected chi connectivity index (χ3v) is 4.73. The molecule has 0 unspecified atom stereocenters. The summed E-state index contributed by atoms with van der Waals surface area (Å²) in [7, 11) is 0. The minimum absolute atomic E-state index is 0.125. The van der Waals surface area contributed by atoms with E-state index in [9.17, 15) is 4.79 Å². The summed E-state index contributed by atoms with van der Waals surface area (Å²) in [6.07, 6.45) is 6.28. The molecule has 1 heterocycles. The fourth-order valence-electron chi connectivity index (χ4n) is 3.38. The first-order chi connectivity index (χ1) is 10.2. The van der Waals surface area contributed by atoms with Gasteiger partial charge in [-0.25, -0.2) is 0 Å². The molecule has 1 saturated carbocycles. The number of nitrogens with two attached hydrogens (primary N) is 1. The summed E-state index contributed by atoms with van der Waals surface area (Å²) in [5.74, 6) is 0.278. The highest BCUT2D eigenvalue weighted by molar-refractivity contribution is 5.93. The van der Waals surface area contributed by atoms with E-state index in [1.54, 1.807) is 0 Å². The molecule has 2 aliphatic rings. The molecule has 0 aromatic heterocycles. The van der Waals surface area contributed by atoms with E-state index >= 15 is 0 Å². The molecule has 3 N–H and O–H groups in total. The topological polar surface area (TPSA) is 58.4 Å². The predicted molar refractivity (Wildman–Crippen MR) is 86.5 cm³/mol. The van der Waals surface area contributed by atoms with Crippen molar-refractivity contribution in [3.8, 4) is 0 Å². The molecule has 3 rings (SSSR count). The van der Waals surface area contributed by atoms with Crippen molar-refractivity contribution in [2.24, 2.45) is 11.7 Å². The maximum Gasteiger partial charge on any atom is 0.227 e. The second-order valence-electron chi connectivity index (χ2n) is 6.35. The number of nitrogens with zero attached hydrogens (tertiary/aromatic N) is 1. The molecule has 21 heavy (non-hydrogen) atoms. The summed E-state index contributed by atoms with van der Waals surface area (Å²) in [4.78, 5) is 14.7. The summed E-state index contributed by atoms with van der Waals surface area (Å²) in [5.41, 5.74) is 8.04. The second-order valence-corrected chi connectivity index (χ2v) is 6.35. The maximum absolute atomic E-state index is 12.3. The Morgan fingerprint density at radius 2 is 1.86 bits per heavy atom.